The summed E-state index contributed by atoms with van der Waals surface area (Å²) in [5.41, 5.74) is 2.45. The van der Waals surface area contributed by atoms with Crippen LogP contribution in [0.1, 0.15) is 36.9 Å². The van der Waals surface area contributed by atoms with Gasteiger partial charge in [-0.2, -0.15) is 0 Å². The Hall–Kier alpha value is -0.640. The maximum absolute atomic E-state index is 4.38. The fourth-order valence-electron chi connectivity index (χ4n) is 2.80. The highest BCUT2D eigenvalue weighted by molar-refractivity contribution is 5.85. The molecule has 20 heavy (non-hydrogen) atoms. The molecule has 0 spiro atoms. The highest BCUT2D eigenvalue weighted by atomic mass is 35.5. The van der Waals surface area contributed by atoms with E-state index < -0.39 is 0 Å². The van der Waals surface area contributed by atoms with Crippen LogP contribution in [0.4, 0.5) is 0 Å². The summed E-state index contributed by atoms with van der Waals surface area (Å²) >= 11 is 0. The smallest absolute Gasteiger partial charge is 0.0372 e. The van der Waals surface area contributed by atoms with E-state index in [1.165, 1.54) is 50.9 Å². The van der Waals surface area contributed by atoms with E-state index in [-0.39, 0.29) is 12.4 Å². The van der Waals surface area contributed by atoms with Gasteiger partial charge in [0.2, 0.25) is 0 Å². The van der Waals surface area contributed by atoms with Crippen LogP contribution in [0, 0.1) is 12.8 Å². The first-order valence-corrected chi connectivity index (χ1v) is 7.67. The average Bonchev–Trinajstić information content (AvgIpc) is 3.25. The molecule has 2 heterocycles. The Morgan fingerprint density at radius 3 is 2.55 bits per heavy atom. The van der Waals surface area contributed by atoms with E-state index in [1.807, 2.05) is 13.1 Å². The number of nitrogens with zero attached hydrogens (tertiary/aromatic N) is 2. The van der Waals surface area contributed by atoms with Crippen LogP contribution in [0.5, 0.6) is 0 Å². The number of rotatable bonds is 5. The fourth-order valence-corrected chi connectivity index (χ4v) is 2.80. The SMILES string of the molecule is Cc1ccc(CN2CCC(NCC3CC3)CC2)cn1.Cl. The molecule has 1 N–H and O–H groups in total. The normalized spacial score (nSPS) is 20.6. The molecule has 112 valence electrons. The number of hydrogen-bond acceptors (Lipinski definition) is 3. The van der Waals surface area contributed by atoms with Gasteiger partial charge in [0.1, 0.15) is 0 Å². The molecule has 2 fully saturated rings. The van der Waals surface area contributed by atoms with E-state index >= 15 is 0 Å². The molecule has 0 aromatic carbocycles. The van der Waals surface area contributed by atoms with E-state index in [0.717, 1.165) is 24.2 Å². The van der Waals surface area contributed by atoms with Crippen LogP contribution in [0.3, 0.4) is 0 Å². The van der Waals surface area contributed by atoms with Gasteiger partial charge in [0.05, 0.1) is 0 Å². The third-order valence-corrected chi connectivity index (χ3v) is 4.36. The monoisotopic (exact) mass is 295 g/mol. The minimum atomic E-state index is 0. The molecule has 1 saturated heterocycles. The van der Waals surface area contributed by atoms with Crippen LogP contribution in [-0.2, 0) is 6.54 Å². The minimum Gasteiger partial charge on any atom is -0.314 e. The molecule has 0 amide bonds. The van der Waals surface area contributed by atoms with Crippen LogP contribution < -0.4 is 5.32 Å². The van der Waals surface area contributed by atoms with Gasteiger partial charge >= 0.3 is 0 Å². The summed E-state index contributed by atoms with van der Waals surface area (Å²) in [4.78, 5) is 6.93. The molecule has 1 aliphatic heterocycles. The topological polar surface area (TPSA) is 28.2 Å². The molecule has 0 atom stereocenters. The van der Waals surface area contributed by atoms with Gasteiger partial charge < -0.3 is 5.32 Å². The van der Waals surface area contributed by atoms with Crippen LogP contribution in [0.25, 0.3) is 0 Å². The van der Waals surface area contributed by atoms with Crippen LogP contribution >= 0.6 is 12.4 Å². The summed E-state index contributed by atoms with van der Waals surface area (Å²) < 4.78 is 0. The zero-order valence-electron chi connectivity index (χ0n) is 12.3. The van der Waals surface area contributed by atoms with Gasteiger partial charge in [-0.05, 0) is 69.8 Å². The Balaban J connectivity index is 0.00000147. The van der Waals surface area contributed by atoms with Gasteiger partial charge in [0.15, 0.2) is 0 Å². The standard InChI is InChI=1S/C16H25N3.ClH/c1-13-2-3-15(11-17-13)12-19-8-6-16(7-9-19)18-10-14-4-5-14;/h2-3,11,14,16,18H,4-10,12H2,1H3;1H. The zero-order valence-corrected chi connectivity index (χ0v) is 13.2. The summed E-state index contributed by atoms with van der Waals surface area (Å²) in [7, 11) is 0. The van der Waals surface area contributed by atoms with Crippen molar-refractivity contribution in [3.63, 3.8) is 0 Å². The van der Waals surface area contributed by atoms with Crippen molar-refractivity contribution in [2.45, 2.75) is 45.2 Å². The molecule has 1 aromatic rings. The van der Waals surface area contributed by atoms with Crippen molar-refractivity contribution in [2.75, 3.05) is 19.6 Å². The van der Waals surface area contributed by atoms with E-state index in [4.69, 9.17) is 0 Å². The van der Waals surface area contributed by atoms with Crippen LogP contribution in [0.15, 0.2) is 18.3 Å². The van der Waals surface area contributed by atoms with Gasteiger partial charge in [0, 0.05) is 24.5 Å². The van der Waals surface area contributed by atoms with Gasteiger partial charge in [-0.3, -0.25) is 9.88 Å². The first-order chi connectivity index (χ1) is 9.29. The lowest BCUT2D eigenvalue weighted by molar-refractivity contribution is 0.190. The second kappa shape index (κ2) is 7.39. The molecule has 1 aliphatic carbocycles. The maximum atomic E-state index is 4.38. The number of aromatic nitrogens is 1. The molecule has 2 aliphatic rings. The van der Waals surface area contributed by atoms with Crippen molar-refractivity contribution < 1.29 is 0 Å². The molecule has 0 unspecified atom stereocenters. The molecule has 0 bridgehead atoms. The first-order valence-electron chi connectivity index (χ1n) is 7.67. The average molecular weight is 296 g/mol. The summed E-state index contributed by atoms with van der Waals surface area (Å²) in [6, 6.07) is 5.08. The van der Waals surface area contributed by atoms with Gasteiger partial charge in [-0.25, -0.2) is 0 Å². The highest BCUT2D eigenvalue weighted by Crippen LogP contribution is 2.28. The van der Waals surface area contributed by atoms with Crippen molar-refractivity contribution >= 4 is 12.4 Å². The first kappa shape index (κ1) is 15.7. The van der Waals surface area contributed by atoms with Crippen molar-refractivity contribution in [3.05, 3.63) is 29.6 Å². The van der Waals surface area contributed by atoms with Crippen molar-refractivity contribution in [3.8, 4) is 0 Å². The van der Waals surface area contributed by atoms with E-state index in [0.29, 0.717) is 0 Å². The van der Waals surface area contributed by atoms with Crippen molar-refractivity contribution in [1.29, 1.82) is 0 Å². The number of aryl methyl sites for hydroxylation is 1. The number of likely N-dealkylation sites (tertiary alicyclic amines) is 1. The highest BCUT2D eigenvalue weighted by Gasteiger charge is 2.24. The molecule has 3 nitrogen and oxygen atoms in total. The number of pyridine rings is 1. The quantitative estimate of drug-likeness (QED) is 0.905. The Kier molecular flexibility index (Phi) is 5.82. The van der Waals surface area contributed by atoms with E-state index in [9.17, 15) is 0 Å². The molecular weight excluding hydrogens is 270 g/mol. The molecule has 1 saturated carbocycles. The van der Waals surface area contributed by atoms with Crippen LogP contribution in [0.2, 0.25) is 0 Å². The number of nitrogens with one attached hydrogen (secondary N) is 1. The van der Waals surface area contributed by atoms with E-state index in [1.54, 1.807) is 0 Å². The lowest BCUT2D eigenvalue weighted by Gasteiger charge is -2.32. The molecule has 0 radical (unpaired) electrons. The third-order valence-electron chi connectivity index (χ3n) is 4.36. The summed E-state index contributed by atoms with van der Waals surface area (Å²) in [5, 5.41) is 3.74. The maximum Gasteiger partial charge on any atom is 0.0372 e. The largest absolute Gasteiger partial charge is 0.314 e. The molecule has 3 rings (SSSR count). The Morgan fingerprint density at radius 2 is 1.95 bits per heavy atom. The van der Waals surface area contributed by atoms with Crippen LogP contribution in [-0.4, -0.2) is 35.6 Å². The fraction of sp³-hybridized carbons (Fsp3) is 0.688. The zero-order chi connectivity index (χ0) is 13.1. The van der Waals surface area contributed by atoms with Gasteiger partial charge in [-0.15, -0.1) is 12.4 Å². The molecule has 1 aromatic heterocycles. The number of halogens is 1. The predicted molar refractivity (Wildman–Crippen MR) is 85.2 cm³/mol. The Morgan fingerprint density at radius 1 is 1.20 bits per heavy atom. The predicted octanol–water partition coefficient (Wildman–Crippen LogP) is 2.78. The lowest BCUT2D eigenvalue weighted by atomic mass is 10.0. The third kappa shape index (κ3) is 4.72. The Bertz CT molecular complexity index is 395. The Labute approximate surface area is 128 Å². The lowest BCUT2D eigenvalue weighted by Crippen LogP contribution is -2.42. The van der Waals surface area contributed by atoms with Crippen molar-refractivity contribution in [2.24, 2.45) is 5.92 Å². The minimum absolute atomic E-state index is 0. The van der Waals surface area contributed by atoms with Gasteiger partial charge in [-0.1, -0.05) is 6.07 Å². The van der Waals surface area contributed by atoms with Gasteiger partial charge in [0.25, 0.3) is 0 Å². The van der Waals surface area contributed by atoms with E-state index in [2.05, 4.69) is 27.3 Å². The van der Waals surface area contributed by atoms with Crippen molar-refractivity contribution in [1.82, 2.24) is 15.2 Å². The molecule has 4 heteroatoms. The molecular formula is C16H26ClN3. The second-order valence-electron chi connectivity index (χ2n) is 6.21. The summed E-state index contributed by atoms with van der Waals surface area (Å²) in [6.07, 6.45) is 7.52. The number of hydrogen-bond donors (Lipinski definition) is 1. The second-order valence-corrected chi connectivity index (χ2v) is 6.21. The summed E-state index contributed by atoms with van der Waals surface area (Å²) in [5.74, 6) is 0.997. The summed E-state index contributed by atoms with van der Waals surface area (Å²) in [6.45, 7) is 6.79. The number of piperidine rings is 1.